The van der Waals surface area contributed by atoms with Crippen LogP contribution in [-0.2, 0) is 0 Å². The van der Waals surface area contributed by atoms with Gasteiger partial charge < -0.3 is 5.73 Å². The lowest BCUT2D eigenvalue weighted by atomic mass is 10.1. The Labute approximate surface area is 110 Å². The highest BCUT2D eigenvalue weighted by atomic mass is 19.1. The van der Waals surface area contributed by atoms with Crippen molar-refractivity contribution < 1.29 is 4.39 Å². The molecule has 3 nitrogen and oxygen atoms in total. The number of fused-ring (bicyclic) bond motifs is 1. The van der Waals surface area contributed by atoms with E-state index in [1.807, 2.05) is 35.8 Å². The first-order valence-corrected chi connectivity index (χ1v) is 6.14. The van der Waals surface area contributed by atoms with E-state index in [0.29, 0.717) is 0 Å². The molecule has 96 valence electrons. The maximum Gasteiger partial charge on any atom is 0.123 e. The Kier molecular flexibility index (Phi) is 2.80. The van der Waals surface area contributed by atoms with Gasteiger partial charge in [0.05, 0.1) is 16.7 Å². The fraction of sp³-hybridized carbons (Fsp3) is 0.133. The van der Waals surface area contributed by atoms with Gasteiger partial charge in [-0.1, -0.05) is 12.1 Å². The Morgan fingerprint density at radius 2 is 2.00 bits per heavy atom. The Hall–Kier alpha value is -2.20. The molecule has 3 rings (SSSR count). The zero-order chi connectivity index (χ0) is 13.4. The minimum Gasteiger partial charge on any atom is -0.324 e. The maximum absolute atomic E-state index is 13.4. The van der Waals surface area contributed by atoms with Crippen molar-refractivity contribution in [2.24, 2.45) is 5.73 Å². The number of nitrogens with zero attached hydrogens (tertiary/aromatic N) is 2. The molecule has 1 heterocycles. The van der Waals surface area contributed by atoms with Gasteiger partial charge in [-0.3, -0.25) is 4.57 Å². The highest BCUT2D eigenvalue weighted by Gasteiger charge is 2.12. The van der Waals surface area contributed by atoms with Crippen molar-refractivity contribution in [2.45, 2.75) is 13.0 Å². The van der Waals surface area contributed by atoms with Gasteiger partial charge in [-0.2, -0.15) is 0 Å². The van der Waals surface area contributed by atoms with Crippen LogP contribution in [0.5, 0.6) is 0 Å². The first kappa shape index (κ1) is 11.9. The molecule has 0 spiro atoms. The van der Waals surface area contributed by atoms with Gasteiger partial charge in [-0.05, 0) is 42.8 Å². The summed E-state index contributed by atoms with van der Waals surface area (Å²) in [4.78, 5) is 4.35. The second-order valence-electron chi connectivity index (χ2n) is 4.60. The van der Waals surface area contributed by atoms with Gasteiger partial charge in [0, 0.05) is 6.04 Å². The largest absolute Gasteiger partial charge is 0.324 e. The molecule has 1 atom stereocenters. The summed E-state index contributed by atoms with van der Waals surface area (Å²) in [6.45, 7) is 1.84. The third-order valence-electron chi connectivity index (χ3n) is 3.19. The molecule has 0 aliphatic rings. The van der Waals surface area contributed by atoms with E-state index in [-0.39, 0.29) is 11.9 Å². The van der Waals surface area contributed by atoms with Crippen molar-refractivity contribution in [3.8, 4) is 5.69 Å². The van der Waals surface area contributed by atoms with E-state index in [0.717, 1.165) is 22.3 Å². The van der Waals surface area contributed by atoms with Crippen molar-refractivity contribution in [1.82, 2.24) is 9.55 Å². The number of imidazole rings is 1. The fourth-order valence-corrected chi connectivity index (χ4v) is 2.26. The van der Waals surface area contributed by atoms with Crippen molar-refractivity contribution in [3.05, 3.63) is 60.2 Å². The van der Waals surface area contributed by atoms with Crippen molar-refractivity contribution in [2.75, 3.05) is 0 Å². The van der Waals surface area contributed by atoms with Crippen LogP contribution in [0.4, 0.5) is 4.39 Å². The van der Waals surface area contributed by atoms with Crippen LogP contribution in [0.15, 0.2) is 48.8 Å². The van der Waals surface area contributed by atoms with Crippen LogP contribution >= 0.6 is 0 Å². The fourth-order valence-electron chi connectivity index (χ4n) is 2.26. The third-order valence-corrected chi connectivity index (χ3v) is 3.19. The van der Waals surface area contributed by atoms with Gasteiger partial charge in [0.2, 0.25) is 0 Å². The normalized spacial score (nSPS) is 12.8. The highest BCUT2D eigenvalue weighted by Crippen LogP contribution is 2.25. The Bertz CT molecular complexity index is 731. The molecule has 0 aliphatic heterocycles. The second-order valence-corrected chi connectivity index (χ2v) is 4.60. The van der Waals surface area contributed by atoms with Gasteiger partial charge in [0.25, 0.3) is 0 Å². The van der Waals surface area contributed by atoms with E-state index in [9.17, 15) is 4.39 Å². The standard InChI is InChI=1S/C15H14FN3/c1-10(17)12-8-11(16)6-7-14(12)19-9-18-13-4-2-3-5-15(13)19/h2-10H,17H2,1H3/t10-/m1/s1. The van der Waals surface area contributed by atoms with Crippen molar-refractivity contribution >= 4 is 11.0 Å². The van der Waals surface area contributed by atoms with Crippen LogP contribution in [0.25, 0.3) is 16.7 Å². The Morgan fingerprint density at radius 1 is 1.21 bits per heavy atom. The van der Waals surface area contributed by atoms with Crippen LogP contribution in [0.3, 0.4) is 0 Å². The number of hydrogen-bond acceptors (Lipinski definition) is 2. The molecule has 0 fully saturated rings. The van der Waals surface area contributed by atoms with E-state index < -0.39 is 0 Å². The molecule has 0 bridgehead atoms. The Morgan fingerprint density at radius 3 is 2.79 bits per heavy atom. The number of para-hydroxylation sites is 2. The van der Waals surface area contributed by atoms with Gasteiger partial charge in [0.15, 0.2) is 0 Å². The lowest BCUT2D eigenvalue weighted by Crippen LogP contribution is -2.10. The monoisotopic (exact) mass is 255 g/mol. The van der Waals surface area contributed by atoms with Crippen molar-refractivity contribution in [3.63, 3.8) is 0 Å². The first-order valence-electron chi connectivity index (χ1n) is 6.14. The summed E-state index contributed by atoms with van der Waals surface area (Å²) in [6.07, 6.45) is 1.74. The molecule has 0 radical (unpaired) electrons. The van der Waals surface area contributed by atoms with Gasteiger partial charge in [0.1, 0.15) is 12.1 Å². The SMILES string of the molecule is C[C@@H](N)c1cc(F)ccc1-n1cnc2ccccc21. The minimum absolute atomic E-state index is 0.244. The van der Waals surface area contributed by atoms with E-state index in [1.165, 1.54) is 12.1 Å². The van der Waals surface area contributed by atoms with E-state index in [2.05, 4.69) is 4.98 Å². The summed E-state index contributed by atoms with van der Waals surface area (Å²) in [5.74, 6) is -0.277. The quantitative estimate of drug-likeness (QED) is 0.764. The first-order chi connectivity index (χ1) is 9.16. The minimum atomic E-state index is -0.277. The summed E-state index contributed by atoms with van der Waals surface area (Å²) in [5, 5.41) is 0. The lowest BCUT2D eigenvalue weighted by Gasteiger charge is -2.14. The van der Waals surface area contributed by atoms with Crippen LogP contribution in [-0.4, -0.2) is 9.55 Å². The molecule has 2 aromatic carbocycles. The summed E-state index contributed by atoms with van der Waals surface area (Å²) in [7, 11) is 0. The molecule has 2 N–H and O–H groups in total. The van der Waals surface area contributed by atoms with E-state index >= 15 is 0 Å². The molecule has 0 unspecified atom stereocenters. The highest BCUT2D eigenvalue weighted by molar-refractivity contribution is 5.77. The topological polar surface area (TPSA) is 43.8 Å². The predicted molar refractivity (Wildman–Crippen MR) is 73.6 cm³/mol. The van der Waals surface area contributed by atoms with Crippen molar-refractivity contribution in [1.29, 1.82) is 0 Å². The zero-order valence-electron chi connectivity index (χ0n) is 10.5. The number of benzene rings is 2. The van der Waals surface area contributed by atoms with E-state index in [1.54, 1.807) is 12.4 Å². The van der Waals surface area contributed by atoms with Gasteiger partial charge in [-0.15, -0.1) is 0 Å². The number of hydrogen-bond donors (Lipinski definition) is 1. The molecule has 4 heteroatoms. The molecule has 0 saturated carbocycles. The van der Waals surface area contributed by atoms with Crippen LogP contribution in [0.1, 0.15) is 18.5 Å². The average molecular weight is 255 g/mol. The summed E-state index contributed by atoms with van der Waals surface area (Å²) in [6, 6.07) is 12.2. The number of rotatable bonds is 2. The summed E-state index contributed by atoms with van der Waals surface area (Å²) >= 11 is 0. The predicted octanol–water partition coefficient (Wildman–Crippen LogP) is 3.18. The number of halogens is 1. The van der Waals surface area contributed by atoms with Gasteiger partial charge in [-0.25, -0.2) is 9.37 Å². The lowest BCUT2D eigenvalue weighted by molar-refractivity contribution is 0.621. The number of aromatic nitrogens is 2. The molecule has 0 aliphatic carbocycles. The average Bonchev–Trinajstić information content (AvgIpc) is 2.82. The van der Waals surface area contributed by atoms with Gasteiger partial charge >= 0.3 is 0 Å². The maximum atomic E-state index is 13.4. The summed E-state index contributed by atoms with van der Waals surface area (Å²) < 4.78 is 15.3. The zero-order valence-corrected chi connectivity index (χ0v) is 10.5. The smallest absolute Gasteiger partial charge is 0.123 e. The Balaban J connectivity index is 2.27. The summed E-state index contributed by atoms with van der Waals surface area (Å²) in [5.41, 5.74) is 9.45. The molecule has 19 heavy (non-hydrogen) atoms. The molecular formula is C15H14FN3. The third kappa shape index (κ3) is 2.00. The van der Waals surface area contributed by atoms with E-state index in [4.69, 9.17) is 5.73 Å². The molecule has 0 saturated heterocycles. The van der Waals surface area contributed by atoms with Crippen LogP contribution in [0.2, 0.25) is 0 Å². The number of nitrogens with two attached hydrogens (primary N) is 1. The second kappa shape index (κ2) is 4.48. The molecule has 3 aromatic rings. The molecule has 1 aromatic heterocycles. The molecular weight excluding hydrogens is 241 g/mol. The van der Waals surface area contributed by atoms with Crippen LogP contribution in [0, 0.1) is 5.82 Å². The van der Waals surface area contributed by atoms with Crippen LogP contribution < -0.4 is 5.73 Å². The molecule has 0 amide bonds.